The number of hydrogen-bond acceptors (Lipinski definition) is 0. The van der Waals surface area contributed by atoms with Gasteiger partial charge in [-0.25, -0.2) is 0 Å². The van der Waals surface area contributed by atoms with Gasteiger partial charge in [-0.2, -0.15) is 0 Å². The van der Waals surface area contributed by atoms with Gasteiger partial charge < -0.3 is 0 Å². The first kappa shape index (κ1) is 12.2. The quantitative estimate of drug-likeness (QED) is 0.682. The van der Waals surface area contributed by atoms with Gasteiger partial charge >= 0.3 is 0 Å². The van der Waals surface area contributed by atoms with Crippen LogP contribution in [0.4, 0.5) is 0 Å². The van der Waals surface area contributed by atoms with E-state index in [1.165, 1.54) is 49.7 Å². The van der Waals surface area contributed by atoms with Crippen molar-refractivity contribution >= 4 is 0 Å². The predicted molar refractivity (Wildman–Crippen MR) is 85.4 cm³/mol. The van der Waals surface area contributed by atoms with Gasteiger partial charge in [-0.15, -0.1) is 0 Å². The second-order valence-electron chi connectivity index (χ2n) is 6.50. The molecular formula is C20H22. The van der Waals surface area contributed by atoms with E-state index >= 15 is 0 Å². The minimum atomic E-state index is 1.27. The largest absolute Gasteiger partial charge is 0.0585 e. The van der Waals surface area contributed by atoms with Crippen molar-refractivity contribution in [3.63, 3.8) is 0 Å². The van der Waals surface area contributed by atoms with E-state index < -0.39 is 0 Å². The summed E-state index contributed by atoms with van der Waals surface area (Å²) in [5.74, 6) is 0. The maximum absolute atomic E-state index is 2.36. The van der Waals surface area contributed by atoms with Crippen LogP contribution in [0.25, 0.3) is 11.1 Å². The zero-order valence-electron chi connectivity index (χ0n) is 12.6. The van der Waals surface area contributed by atoms with Gasteiger partial charge in [-0.3, -0.25) is 0 Å². The van der Waals surface area contributed by atoms with Gasteiger partial charge in [0.25, 0.3) is 0 Å². The van der Waals surface area contributed by atoms with E-state index in [0.29, 0.717) is 0 Å². The lowest BCUT2D eigenvalue weighted by molar-refractivity contribution is 0.909. The molecule has 0 heteroatoms. The van der Waals surface area contributed by atoms with Crippen LogP contribution in [0.1, 0.15) is 46.2 Å². The van der Waals surface area contributed by atoms with Crippen molar-refractivity contribution < 1.29 is 0 Å². The Morgan fingerprint density at radius 2 is 1.05 bits per heavy atom. The molecule has 2 aliphatic rings. The number of hydrogen-bond donors (Lipinski definition) is 0. The Labute approximate surface area is 121 Å². The van der Waals surface area contributed by atoms with Crippen LogP contribution in [-0.4, -0.2) is 0 Å². The summed E-state index contributed by atoms with van der Waals surface area (Å²) in [6.07, 6.45) is 7.76. The van der Waals surface area contributed by atoms with Crippen molar-refractivity contribution in [3.8, 4) is 11.1 Å². The number of benzene rings is 2. The van der Waals surface area contributed by atoms with Crippen molar-refractivity contribution in [1.82, 2.24) is 0 Å². The molecule has 0 saturated carbocycles. The minimum absolute atomic E-state index is 1.27. The molecule has 0 aromatic heterocycles. The molecule has 0 amide bonds. The summed E-state index contributed by atoms with van der Waals surface area (Å²) in [4.78, 5) is 0. The fourth-order valence-corrected chi connectivity index (χ4v) is 4.26. The molecule has 0 saturated heterocycles. The zero-order chi connectivity index (χ0) is 13.7. The van der Waals surface area contributed by atoms with Gasteiger partial charge in [0, 0.05) is 0 Å². The third kappa shape index (κ3) is 1.67. The highest BCUT2D eigenvalue weighted by Crippen LogP contribution is 2.41. The van der Waals surface area contributed by atoms with Gasteiger partial charge in [-0.05, 0) is 96.9 Å². The first-order valence-corrected chi connectivity index (χ1v) is 7.99. The van der Waals surface area contributed by atoms with Crippen molar-refractivity contribution in [2.45, 2.75) is 52.4 Å². The Morgan fingerprint density at radius 1 is 0.600 bits per heavy atom. The summed E-state index contributed by atoms with van der Waals surface area (Å²) in [7, 11) is 0. The van der Waals surface area contributed by atoms with Crippen LogP contribution in [0.3, 0.4) is 0 Å². The van der Waals surface area contributed by atoms with Crippen molar-refractivity contribution in [2.24, 2.45) is 0 Å². The standard InChI is InChI=1S/C20H22/c1-13-9-11-15-5-3-7-17(15)19(13)20-14(2)10-12-16-6-4-8-18(16)20/h9-12H,3-8H2,1-2H3. The Kier molecular flexibility index (Phi) is 2.73. The van der Waals surface area contributed by atoms with Crippen LogP contribution in [-0.2, 0) is 25.7 Å². The smallest absolute Gasteiger partial charge is 0.0114 e. The summed E-state index contributed by atoms with van der Waals surface area (Å²) in [6, 6.07) is 9.40. The summed E-state index contributed by atoms with van der Waals surface area (Å²) < 4.78 is 0. The average Bonchev–Trinajstić information content (AvgIpc) is 3.08. The molecule has 20 heavy (non-hydrogen) atoms. The van der Waals surface area contributed by atoms with Crippen molar-refractivity contribution in [2.75, 3.05) is 0 Å². The number of rotatable bonds is 1. The lowest BCUT2D eigenvalue weighted by atomic mass is 9.86. The van der Waals surface area contributed by atoms with Crippen LogP contribution in [0.5, 0.6) is 0 Å². The summed E-state index contributed by atoms with van der Waals surface area (Å²) in [6.45, 7) is 4.59. The highest BCUT2D eigenvalue weighted by Gasteiger charge is 2.23. The second-order valence-corrected chi connectivity index (χ2v) is 6.50. The van der Waals surface area contributed by atoms with E-state index in [1.807, 2.05) is 0 Å². The van der Waals surface area contributed by atoms with E-state index in [1.54, 1.807) is 33.4 Å². The zero-order valence-corrected chi connectivity index (χ0v) is 12.6. The Bertz CT molecular complexity index is 630. The molecule has 0 radical (unpaired) electrons. The van der Waals surface area contributed by atoms with Crippen molar-refractivity contribution in [3.05, 3.63) is 57.6 Å². The molecular weight excluding hydrogens is 240 g/mol. The first-order chi connectivity index (χ1) is 9.75. The van der Waals surface area contributed by atoms with Crippen LogP contribution in [0.2, 0.25) is 0 Å². The highest BCUT2D eigenvalue weighted by atomic mass is 14.3. The molecule has 4 rings (SSSR count). The topological polar surface area (TPSA) is 0 Å². The molecule has 2 aromatic carbocycles. The molecule has 2 aromatic rings. The average molecular weight is 262 g/mol. The maximum Gasteiger partial charge on any atom is -0.0114 e. The van der Waals surface area contributed by atoms with E-state index in [4.69, 9.17) is 0 Å². The molecule has 0 heterocycles. The van der Waals surface area contributed by atoms with Gasteiger partial charge in [0.05, 0.1) is 0 Å². The van der Waals surface area contributed by atoms with E-state index in [2.05, 4.69) is 38.1 Å². The van der Waals surface area contributed by atoms with Gasteiger partial charge in [0.15, 0.2) is 0 Å². The Morgan fingerprint density at radius 3 is 1.50 bits per heavy atom. The third-order valence-corrected chi connectivity index (χ3v) is 5.23. The summed E-state index contributed by atoms with van der Waals surface area (Å²) in [5.41, 5.74) is 12.6. The van der Waals surface area contributed by atoms with E-state index in [-0.39, 0.29) is 0 Å². The molecule has 102 valence electrons. The molecule has 0 atom stereocenters. The maximum atomic E-state index is 2.36. The fraction of sp³-hybridized carbons (Fsp3) is 0.400. The lowest BCUT2D eigenvalue weighted by Crippen LogP contribution is -1.99. The molecule has 0 nitrogen and oxygen atoms in total. The third-order valence-electron chi connectivity index (χ3n) is 5.23. The molecule has 0 unspecified atom stereocenters. The summed E-state index contributed by atoms with van der Waals surface area (Å²) >= 11 is 0. The molecule has 2 aliphatic carbocycles. The minimum Gasteiger partial charge on any atom is -0.0585 e. The Balaban J connectivity index is 2.04. The monoisotopic (exact) mass is 262 g/mol. The van der Waals surface area contributed by atoms with Gasteiger partial charge in [-0.1, -0.05) is 24.3 Å². The molecule has 0 aliphatic heterocycles. The van der Waals surface area contributed by atoms with E-state index in [0.717, 1.165) is 0 Å². The molecule has 0 fully saturated rings. The number of aryl methyl sites for hydroxylation is 4. The second kappa shape index (κ2) is 4.48. The highest BCUT2D eigenvalue weighted by molar-refractivity contribution is 5.79. The fourth-order valence-electron chi connectivity index (χ4n) is 4.26. The number of fused-ring (bicyclic) bond motifs is 2. The van der Waals surface area contributed by atoms with Gasteiger partial charge in [0.2, 0.25) is 0 Å². The van der Waals surface area contributed by atoms with Crippen LogP contribution in [0, 0.1) is 13.8 Å². The first-order valence-electron chi connectivity index (χ1n) is 7.99. The van der Waals surface area contributed by atoms with Gasteiger partial charge in [0.1, 0.15) is 0 Å². The van der Waals surface area contributed by atoms with Crippen molar-refractivity contribution in [1.29, 1.82) is 0 Å². The molecule has 0 spiro atoms. The van der Waals surface area contributed by atoms with Crippen LogP contribution >= 0.6 is 0 Å². The molecule has 0 bridgehead atoms. The van der Waals surface area contributed by atoms with Crippen LogP contribution < -0.4 is 0 Å². The SMILES string of the molecule is Cc1ccc2c(c1-c1c(C)ccc3c1CCC3)CCC2. The molecule has 0 N–H and O–H groups in total. The van der Waals surface area contributed by atoms with Crippen LogP contribution in [0.15, 0.2) is 24.3 Å². The predicted octanol–water partition coefficient (Wildman–Crippen LogP) is 4.95. The Hall–Kier alpha value is -1.56. The van der Waals surface area contributed by atoms with E-state index in [9.17, 15) is 0 Å². The normalized spacial score (nSPS) is 16.3. The summed E-state index contributed by atoms with van der Waals surface area (Å²) in [5, 5.41) is 0. The lowest BCUT2D eigenvalue weighted by Gasteiger charge is -2.18.